The van der Waals surface area contributed by atoms with Gasteiger partial charge in [-0.3, -0.25) is 0 Å². The first kappa shape index (κ1) is 25.2. The molecule has 0 unspecified atom stereocenters. The number of hydrogen-bond donors (Lipinski definition) is 0. The fourth-order valence-electron chi connectivity index (χ4n) is 7.57. The van der Waals surface area contributed by atoms with E-state index in [0.717, 1.165) is 0 Å². The first-order valence-corrected chi connectivity index (χ1v) is 15.9. The van der Waals surface area contributed by atoms with Crippen LogP contribution in [0.5, 0.6) is 0 Å². The molecule has 10 aromatic rings. The number of benzene rings is 8. The summed E-state index contributed by atoms with van der Waals surface area (Å²) in [5.74, 6) is 0. The molecule has 2 aromatic heterocycles. The summed E-state index contributed by atoms with van der Waals surface area (Å²) in [7, 11) is 0. The van der Waals surface area contributed by atoms with Gasteiger partial charge in [-0.1, -0.05) is 121 Å². The molecule has 0 saturated heterocycles. The second-order valence-corrected chi connectivity index (χ2v) is 12.2. The number of hydrogen-bond acceptors (Lipinski definition) is 0. The zero-order valence-corrected chi connectivity index (χ0v) is 25.1. The minimum atomic E-state index is 1.17. The van der Waals surface area contributed by atoms with Crippen LogP contribution in [0.3, 0.4) is 0 Å². The Morgan fingerprint density at radius 2 is 0.826 bits per heavy atom. The first-order chi connectivity index (χ1) is 22.8. The number of aromatic nitrogens is 2. The summed E-state index contributed by atoms with van der Waals surface area (Å²) in [5.41, 5.74) is 9.67. The summed E-state index contributed by atoms with van der Waals surface area (Å²) in [4.78, 5) is 0. The van der Waals surface area contributed by atoms with Gasteiger partial charge in [0.05, 0.1) is 22.1 Å². The van der Waals surface area contributed by atoms with Crippen molar-refractivity contribution in [3.63, 3.8) is 0 Å². The molecule has 0 fully saturated rings. The zero-order chi connectivity index (χ0) is 30.2. The van der Waals surface area contributed by atoms with Crippen molar-refractivity contribution in [2.45, 2.75) is 0 Å². The van der Waals surface area contributed by atoms with E-state index in [1.807, 2.05) is 0 Å². The van der Waals surface area contributed by atoms with Crippen LogP contribution in [0, 0.1) is 0 Å². The van der Waals surface area contributed by atoms with Crippen LogP contribution in [-0.4, -0.2) is 9.13 Å². The molecule has 0 bridgehead atoms. The van der Waals surface area contributed by atoms with Crippen LogP contribution in [0.2, 0.25) is 0 Å². The Kier molecular flexibility index (Phi) is 5.31. The van der Waals surface area contributed by atoms with Crippen LogP contribution < -0.4 is 0 Å². The van der Waals surface area contributed by atoms with Crippen molar-refractivity contribution in [3.05, 3.63) is 170 Å². The molecular formula is C44H28N2. The minimum absolute atomic E-state index is 1.17. The van der Waals surface area contributed by atoms with E-state index in [-0.39, 0.29) is 0 Å². The fraction of sp³-hybridized carbons (Fsp3) is 0. The van der Waals surface area contributed by atoms with Gasteiger partial charge in [-0.2, -0.15) is 0 Å². The van der Waals surface area contributed by atoms with Crippen molar-refractivity contribution in [2.24, 2.45) is 0 Å². The monoisotopic (exact) mass is 584 g/mol. The summed E-state index contributed by atoms with van der Waals surface area (Å²) in [6.07, 6.45) is 0. The average molecular weight is 585 g/mol. The Morgan fingerprint density at radius 1 is 0.304 bits per heavy atom. The van der Waals surface area contributed by atoms with Crippen LogP contribution in [-0.2, 0) is 0 Å². The van der Waals surface area contributed by atoms with E-state index in [2.05, 4.69) is 179 Å². The third kappa shape index (κ3) is 3.65. The summed E-state index contributed by atoms with van der Waals surface area (Å²) < 4.78 is 4.86. The molecule has 0 aliphatic heterocycles. The lowest BCUT2D eigenvalue weighted by atomic mass is 9.99. The molecule has 0 aliphatic rings. The van der Waals surface area contributed by atoms with E-state index < -0.39 is 0 Å². The van der Waals surface area contributed by atoms with Crippen molar-refractivity contribution >= 4 is 65.2 Å². The van der Waals surface area contributed by atoms with Crippen molar-refractivity contribution < 1.29 is 0 Å². The van der Waals surface area contributed by atoms with Crippen molar-refractivity contribution in [3.8, 4) is 22.5 Å². The van der Waals surface area contributed by atoms with E-state index in [0.29, 0.717) is 0 Å². The topological polar surface area (TPSA) is 9.86 Å². The smallest absolute Gasteiger partial charge is 0.0619 e. The van der Waals surface area contributed by atoms with Crippen LogP contribution in [0.4, 0.5) is 0 Å². The number of rotatable bonds is 3. The molecule has 0 atom stereocenters. The lowest BCUT2D eigenvalue weighted by Gasteiger charge is -2.13. The van der Waals surface area contributed by atoms with E-state index in [4.69, 9.17) is 0 Å². The highest BCUT2D eigenvalue weighted by molar-refractivity contribution is 6.16. The predicted molar refractivity (Wildman–Crippen MR) is 196 cm³/mol. The second kappa shape index (κ2) is 9.69. The Labute approximate surface area is 266 Å². The van der Waals surface area contributed by atoms with Crippen LogP contribution in [0.25, 0.3) is 87.7 Å². The largest absolute Gasteiger partial charge is 0.309 e. The highest BCUT2D eigenvalue weighted by Crippen LogP contribution is 2.41. The van der Waals surface area contributed by atoms with Crippen molar-refractivity contribution in [1.82, 2.24) is 9.13 Å². The molecular weight excluding hydrogens is 556 g/mol. The van der Waals surface area contributed by atoms with Crippen LogP contribution >= 0.6 is 0 Å². The lowest BCUT2D eigenvalue weighted by Crippen LogP contribution is -1.96. The molecule has 46 heavy (non-hydrogen) atoms. The summed E-state index contributed by atoms with van der Waals surface area (Å²) >= 11 is 0. The number of fused-ring (bicyclic) bond motifs is 8. The van der Waals surface area contributed by atoms with Gasteiger partial charge in [0, 0.05) is 38.5 Å². The van der Waals surface area contributed by atoms with Gasteiger partial charge in [0.2, 0.25) is 0 Å². The molecule has 0 saturated carbocycles. The third-order valence-electron chi connectivity index (χ3n) is 9.66. The average Bonchev–Trinajstić information content (AvgIpc) is 3.64. The SMILES string of the molecule is c1ccc2cc(-n3c4ccccc4c4cc(-c5cccc6c7ccccc7n(-c7ccc8ccccc8c7)c56)ccc43)ccc2c1. The standard InChI is InChI=1S/C44H28N2/c1-3-12-31-26-34(23-20-29(31)10-1)45-41-18-7-6-15-38(41)40-28-33(22-25-43(40)45)36-16-9-17-39-37-14-5-8-19-42(37)46(44(36)39)35-24-21-30-11-2-4-13-32(30)27-35/h1-28H. The maximum Gasteiger partial charge on any atom is 0.0619 e. The fourth-order valence-corrected chi connectivity index (χ4v) is 7.57. The predicted octanol–water partition coefficient (Wildman–Crippen LogP) is 11.9. The molecule has 0 spiro atoms. The lowest BCUT2D eigenvalue weighted by molar-refractivity contribution is 1.18. The highest BCUT2D eigenvalue weighted by Gasteiger charge is 2.18. The van der Waals surface area contributed by atoms with Gasteiger partial charge in [-0.05, 0) is 75.6 Å². The molecule has 0 N–H and O–H groups in total. The molecule has 10 rings (SSSR count). The molecule has 2 heterocycles. The Morgan fingerprint density at radius 3 is 1.52 bits per heavy atom. The second-order valence-electron chi connectivity index (χ2n) is 12.2. The molecule has 0 aliphatic carbocycles. The summed E-state index contributed by atoms with van der Waals surface area (Å²) in [6.45, 7) is 0. The van der Waals surface area contributed by atoms with E-state index in [1.54, 1.807) is 0 Å². The summed E-state index contributed by atoms with van der Waals surface area (Å²) in [6, 6.07) is 62.1. The minimum Gasteiger partial charge on any atom is -0.309 e. The molecule has 2 heteroatoms. The van der Waals surface area contributed by atoms with Crippen molar-refractivity contribution in [2.75, 3.05) is 0 Å². The van der Waals surface area contributed by atoms with Gasteiger partial charge in [-0.15, -0.1) is 0 Å². The highest BCUT2D eigenvalue weighted by atomic mass is 15.0. The normalized spacial score (nSPS) is 11.9. The Bertz CT molecular complexity index is 2810. The van der Waals surface area contributed by atoms with E-state index in [1.165, 1.54) is 87.7 Å². The zero-order valence-electron chi connectivity index (χ0n) is 25.1. The van der Waals surface area contributed by atoms with E-state index >= 15 is 0 Å². The van der Waals surface area contributed by atoms with Gasteiger partial charge in [0.25, 0.3) is 0 Å². The third-order valence-corrected chi connectivity index (χ3v) is 9.66. The summed E-state index contributed by atoms with van der Waals surface area (Å²) in [5, 5.41) is 10.0. The Balaban J connectivity index is 1.25. The maximum atomic E-state index is 2.45. The van der Waals surface area contributed by atoms with Gasteiger partial charge in [0.15, 0.2) is 0 Å². The quantitative estimate of drug-likeness (QED) is 0.195. The van der Waals surface area contributed by atoms with Crippen LogP contribution in [0.1, 0.15) is 0 Å². The first-order valence-electron chi connectivity index (χ1n) is 15.9. The maximum absolute atomic E-state index is 2.45. The van der Waals surface area contributed by atoms with Crippen LogP contribution in [0.15, 0.2) is 170 Å². The number of para-hydroxylation sites is 3. The van der Waals surface area contributed by atoms with Gasteiger partial charge in [-0.25, -0.2) is 0 Å². The molecule has 0 amide bonds. The van der Waals surface area contributed by atoms with Gasteiger partial charge < -0.3 is 9.13 Å². The molecule has 2 nitrogen and oxygen atoms in total. The molecule has 0 radical (unpaired) electrons. The van der Waals surface area contributed by atoms with E-state index in [9.17, 15) is 0 Å². The Hall–Kier alpha value is -6.12. The van der Waals surface area contributed by atoms with Crippen molar-refractivity contribution in [1.29, 1.82) is 0 Å². The molecule has 8 aromatic carbocycles. The molecule has 214 valence electrons. The van der Waals surface area contributed by atoms with Gasteiger partial charge >= 0.3 is 0 Å². The number of nitrogens with zero attached hydrogens (tertiary/aromatic N) is 2. The van der Waals surface area contributed by atoms with Gasteiger partial charge in [0.1, 0.15) is 0 Å².